The van der Waals surface area contributed by atoms with Gasteiger partial charge in [-0.2, -0.15) is 0 Å². The lowest BCUT2D eigenvalue weighted by Gasteiger charge is -2.33. The maximum absolute atomic E-state index is 5.37. The predicted molar refractivity (Wildman–Crippen MR) is 108 cm³/mol. The average Bonchev–Trinajstić information content (AvgIpc) is 3.26. The molecule has 4 aromatic rings. The van der Waals surface area contributed by atoms with E-state index in [9.17, 15) is 0 Å². The number of likely N-dealkylation sites (N-methyl/N-ethyl adjacent to an activating group) is 1. The van der Waals surface area contributed by atoms with Gasteiger partial charge in [0.15, 0.2) is 0 Å². The van der Waals surface area contributed by atoms with E-state index >= 15 is 0 Å². The number of aromatic nitrogens is 2. The zero-order valence-corrected chi connectivity index (χ0v) is 15.9. The summed E-state index contributed by atoms with van der Waals surface area (Å²) in [5, 5.41) is 5.38. The molecule has 0 amide bonds. The van der Waals surface area contributed by atoms with Crippen molar-refractivity contribution >= 4 is 10.9 Å². The Bertz CT molecular complexity index is 1120. The molecule has 0 saturated heterocycles. The van der Waals surface area contributed by atoms with Crippen molar-refractivity contribution in [2.75, 3.05) is 13.6 Å². The molecule has 0 radical (unpaired) electrons. The lowest BCUT2D eigenvalue weighted by molar-refractivity contribution is 0.295. The van der Waals surface area contributed by atoms with E-state index in [0.29, 0.717) is 5.92 Å². The molecule has 1 aliphatic rings. The summed E-state index contributed by atoms with van der Waals surface area (Å²) in [6.45, 7) is 5.98. The molecule has 0 aliphatic carbocycles. The summed E-state index contributed by atoms with van der Waals surface area (Å²) in [6, 6.07) is 15.7. The number of aromatic amines is 1. The monoisotopic (exact) mass is 357 g/mol. The van der Waals surface area contributed by atoms with E-state index in [2.05, 4.69) is 64.6 Å². The normalized spacial score (nSPS) is 17.4. The van der Waals surface area contributed by atoms with Gasteiger partial charge in [-0.1, -0.05) is 29.4 Å². The van der Waals surface area contributed by atoms with Gasteiger partial charge >= 0.3 is 0 Å². The summed E-state index contributed by atoms with van der Waals surface area (Å²) in [7, 11) is 2.20. The minimum absolute atomic E-state index is 0.380. The molecule has 1 N–H and O–H groups in total. The second-order valence-electron chi connectivity index (χ2n) is 7.69. The first kappa shape index (κ1) is 16.3. The van der Waals surface area contributed by atoms with Crippen LogP contribution in [0.15, 0.2) is 53.2 Å². The molecule has 3 heterocycles. The van der Waals surface area contributed by atoms with E-state index in [1.165, 1.54) is 33.2 Å². The molecule has 5 rings (SSSR count). The van der Waals surface area contributed by atoms with Gasteiger partial charge in [-0.25, -0.2) is 0 Å². The predicted octanol–water partition coefficient (Wildman–Crippen LogP) is 5.02. The minimum Gasteiger partial charge on any atom is -0.361 e. The molecule has 27 heavy (non-hydrogen) atoms. The SMILES string of the molecule is Cc1noc(C)c1-c1ccc2c(c1)CN(C)CC2c1ccc2cc[nH]c2c1. The van der Waals surface area contributed by atoms with Crippen molar-refractivity contribution in [2.24, 2.45) is 0 Å². The van der Waals surface area contributed by atoms with Crippen LogP contribution in [0.2, 0.25) is 0 Å². The number of hydrogen-bond donors (Lipinski definition) is 1. The molecular weight excluding hydrogens is 334 g/mol. The van der Waals surface area contributed by atoms with Crippen LogP contribution in [-0.2, 0) is 6.54 Å². The van der Waals surface area contributed by atoms with Crippen molar-refractivity contribution in [1.29, 1.82) is 0 Å². The highest BCUT2D eigenvalue weighted by Crippen LogP contribution is 2.37. The second-order valence-corrected chi connectivity index (χ2v) is 7.69. The molecule has 0 fully saturated rings. The maximum Gasteiger partial charge on any atom is 0.141 e. The molecule has 1 unspecified atom stereocenters. The second kappa shape index (κ2) is 6.10. The van der Waals surface area contributed by atoms with E-state index in [0.717, 1.165) is 30.1 Å². The highest BCUT2D eigenvalue weighted by molar-refractivity contribution is 5.80. The van der Waals surface area contributed by atoms with E-state index in [-0.39, 0.29) is 0 Å². The number of rotatable bonds is 2. The van der Waals surface area contributed by atoms with Gasteiger partial charge in [0.2, 0.25) is 0 Å². The summed E-state index contributed by atoms with van der Waals surface area (Å²) in [5.74, 6) is 1.26. The smallest absolute Gasteiger partial charge is 0.141 e. The summed E-state index contributed by atoms with van der Waals surface area (Å²) in [4.78, 5) is 5.75. The van der Waals surface area contributed by atoms with E-state index < -0.39 is 0 Å². The van der Waals surface area contributed by atoms with Gasteiger partial charge in [0.1, 0.15) is 5.76 Å². The third kappa shape index (κ3) is 2.68. The Kier molecular flexibility index (Phi) is 3.69. The standard InChI is InChI=1S/C23H23N3O/c1-14-23(15(2)27-25-14)18-6-7-20-19(10-18)12-26(3)13-21(20)17-5-4-16-8-9-24-22(16)11-17/h4-11,21,24H,12-13H2,1-3H3. The van der Waals surface area contributed by atoms with Gasteiger partial charge in [0.25, 0.3) is 0 Å². The first-order valence-corrected chi connectivity index (χ1v) is 9.42. The Morgan fingerprint density at radius 1 is 1.11 bits per heavy atom. The lowest BCUT2D eigenvalue weighted by Crippen LogP contribution is -2.31. The molecule has 0 spiro atoms. The topological polar surface area (TPSA) is 45.1 Å². The van der Waals surface area contributed by atoms with E-state index in [4.69, 9.17) is 4.52 Å². The number of benzene rings is 2. The van der Waals surface area contributed by atoms with Crippen LogP contribution in [0, 0.1) is 13.8 Å². The Balaban J connectivity index is 1.61. The Hall–Kier alpha value is -2.85. The van der Waals surface area contributed by atoms with Gasteiger partial charge in [-0.05, 0) is 66.7 Å². The minimum atomic E-state index is 0.380. The first-order chi connectivity index (χ1) is 13.1. The molecular formula is C23H23N3O. The molecule has 0 saturated carbocycles. The van der Waals surface area contributed by atoms with Crippen molar-refractivity contribution in [3.63, 3.8) is 0 Å². The van der Waals surface area contributed by atoms with Crippen molar-refractivity contribution in [2.45, 2.75) is 26.3 Å². The quantitative estimate of drug-likeness (QED) is 0.548. The molecule has 4 nitrogen and oxygen atoms in total. The molecule has 0 bridgehead atoms. The number of aryl methyl sites for hydroxylation is 2. The molecule has 136 valence electrons. The summed E-state index contributed by atoms with van der Waals surface area (Å²) >= 11 is 0. The Labute approximate surface area is 158 Å². The fraction of sp³-hybridized carbons (Fsp3) is 0.261. The van der Waals surface area contributed by atoms with Crippen molar-refractivity contribution < 1.29 is 4.52 Å². The van der Waals surface area contributed by atoms with Crippen molar-refractivity contribution in [3.8, 4) is 11.1 Å². The van der Waals surface area contributed by atoms with Crippen molar-refractivity contribution in [3.05, 3.63) is 76.8 Å². The number of H-pyrrole nitrogens is 1. The number of hydrogen-bond acceptors (Lipinski definition) is 3. The molecule has 1 atom stereocenters. The van der Waals surface area contributed by atoms with Gasteiger partial charge in [-0.3, -0.25) is 0 Å². The number of nitrogens with zero attached hydrogens (tertiary/aromatic N) is 2. The van der Waals surface area contributed by atoms with Gasteiger partial charge in [-0.15, -0.1) is 0 Å². The fourth-order valence-corrected chi connectivity index (χ4v) is 4.47. The Morgan fingerprint density at radius 3 is 2.81 bits per heavy atom. The number of nitrogens with one attached hydrogen (secondary N) is 1. The summed E-state index contributed by atoms with van der Waals surface area (Å²) in [6.07, 6.45) is 2.01. The van der Waals surface area contributed by atoms with Crippen LogP contribution in [0.1, 0.15) is 34.1 Å². The van der Waals surface area contributed by atoms with Crippen LogP contribution >= 0.6 is 0 Å². The molecule has 4 heteroatoms. The van der Waals surface area contributed by atoms with Crippen LogP contribution in [0.4, 0.5) is 0 Å². The average molecular weight is 357 g/mol. The van der Waals surface area contributed by atoms with Gasteiger partial charge in [0.05, 0.1) is 5.69 Å². The van der Waals surface area contributed by atoms with Gasteiger partial charge < -0.3 is 14.4 Å². The third-order valence-electron chi connectivity index (χ3n) is 5.76. The molecule has 2 aromatic carbocycles. The highest BCUT2D eigenvalue weighted by Gasteiger charge is 2.26. The van der Waals surface area contributed by atoms with Crippen LogP contribution < -0.4 is 0 Å². The molecule has 1 aliphatic heterocycles. The highest BCUT2D eigenvalue weighted by atomic mass is 16.5. The van der Waals surface area contributed by atoms with Gasteiger partial charge in [0, 0.05) is 36.3 Å². The third-order valence-corrected chi connectivity index (χ3v) is 5.76. The maximum atomic E-state index is 5.37. The summed E-state index contributed by atoms with van der Waals surface area (Å²) in [5.41, 5.74) is 8.64. The zero-order valence-electron chi connectivity index (χ0n) is 15.9. The summed E-state index contributed by atoms with van der Waals surface area (Å²) < 4.78 is 5.37. The first-order valence-electron chi connectivity index (χ1n) is 9.42. The molecule has 2 aromatic heterocycles. The lowest BCUT2D eigenvalue weighted by atomic mass is 9.83. The number of fused-ring (bicyclic) bond motifs is 2. The van der Waals surface area contributed by atoms with Crippen LogP contribution in [-0.4, -0.2) is 28.6 Å². The zero-order chi connectivity index (χ0) is 18.5. The van der Waals surface area contributed by atoms with E-state index in [1.54, 1.807) is 0 Å². The van der Waals surface area contributed by atoms with Crippen LogP contribution in [0.3, 0.4) is 0 Å². The Morgan fingerprint density at radius 2 is 2.00 bits per heavy atom. The largest absolute Gasteiger partial charge is 0.361 e. The van der Waals surface area contributed by atoms with E-state index in [1.807, 2.05) is 20.0 Å². The van der Waals surface area contributed by atoms with Crippen molar-refractivity contribution in [1.82, 2.24) is 15.0 Å². The van der Waals surface area contributed by atoms with Crippen LogP contribution in [0.5, 0.6) is 0 Å². The fourth-order valence-electron chi connectivity index (χ4n) is 4.47. The van der Waals surface area contributed by atoms with Crippen LogP contribution in [0.25, 0.3) is 22.0 Å².